The summed E-state index contributed by atoms with van der Waals surface area (Å²) < 4.78 is 8.49. The van der Waals surface area contributed by atoms with E-state index < -0.39 is 0 Å². The zero-order chi connectivity index (χ0) is 32.2. The summed E-state index contributed by atoms with van der Waals surface area (Å²) in [5.41, 5.74) is 9.55. The minimum absolute atomic E-state index is 0.460. The number of anilines is 3. The lowest BCUT2D eigenvalue weighted by molar-refractivity contribution is 0.595. The molecule has 0 spiro atoms. The molecule has 0 radical (unpaired) electrons. The number of hydrogen-bond donors (Lipinski definition) is 0. The van der Waals surface area contributed by atoms with Crippen molar-refractivity contribution in [3.8, 4) is 39.6 Å². The van der Waals surface area contributed by atoms with Gasteiger partial charge in [0.15, 0.2) is 11.6 Å². The number of benzene rings is 4. The van der Waals surface area contributed by atoms with E-state index >= 15 is 0 Å². The fourth-order valence-corrected chi connectivity index (χ4v) is 6.91. The molecular weight excluding hydrogens is 592 g/mol. The normalized spacial score (nSPS) is 13.2. The number of aromatic nitrogens is 5. The Bertz CT molecular complexity index is 2450. The molecule has 7 heteroatoms. The van der Waals surface area contributed by atoms with E-state index in [-0.39, 0.29) is 0 Å². The molecule has 0 amide bonds. The molecule has 48 heavy (non-hydrogen) atoms. The first kappa shape index (κ1) is 27.9. The lowest BCUT2D eigenvalue weighted by Crippen LogP contribution is -2.18. The number of furan rings is 1. The molecule has 0 bridgehead atoms. The van der Waals surface area contributed by atoms with Gasteiger partial charge in [0.05, 0.1) is 22.8 Å². The first-order chi connectivity index (χ1) is 23.7. The monoisotopic (exact) mass is 622 g/mol. The maximum Gasteiger partial charge on any atom is 0.241 e. The number of fused-ring (bicyclic) bond motifs is 8. The van der Waals surface area contributed by atoms with Crippen LogP contribution in [0.15, 0.2) is 120 Å². The van der Waals surface area contributed by atoms with Gasteiger partial charge in [0, 0.05) is 33.2 Å². The Morgan fingerprint density at radius 1 is 0.750 bits per heavy atom. The molecule has 0 saturated carbocycles. The molecule has 1 aliphatic carbocycles. The largest absolute Gasteiger partial charge is 0.456 e. The van der Waals surface area contributed by atoms with Gasteiger partial charge in [-0.1, -0.05) is 97.6 Å². The van der Waals surface area contributed by atoms with Crippen LogP contribution in [0.5, 0.6) is 0 Å². The quantitative estimate of drug-likeness (QED) is 0.190. The maximum atomic E-state index is 6.31. The molecule has 0 N–H and O–H groups in total. The number of hydrogen-bond acceptors (Lipinski definition) is 6. The number of rotatable bonds is 5. The molecule has 0 saturated heterocycles. The molecule has 0 unspecified atom stereocenters. The van der Waals surface area contributed by atoms with E-state index in [0.29, 0.717) is 23.5 Å². The van der Waals surface area contributed by atoms with E-state index in [4.69, 9.17) is 24.4 Å². The van der Waals surface area contributed by atoms with Gasteiger partial charge in [-0.25, -0.2) is 14.9 Å². The minimum atomic E-state index is 0.460. The van der Waals surface area contributed by atoms with Crippen molar-refractivity contribution in [1.82, 2.24) is 24.5 Å². The summed E-state index contributed by atoms with van der Waals surface area (Å²) in [4.78, 5) is 22.9. The van der Waals surface area contributed by atoms with Gasteiger partial charge in [-0.2, -0.15) is 9.97 Å². The van der Waals surface area contributed by atoms with Gasteiger partial charge in [0.2, 0.25) is 11.9 Å². The predicted octanol–water partition coefficient (Wildman–Crippen LogP) is 10.2. The summed E-state index contributed by atoms with van der Waals surface area (Å²) in [5.74, 6) is 3.16. The highest BCUT2D eigenvalue weighted by atomic mass is 16.3. The van der Waals surface area contributed by atoms with Crippen molar-refractivity contribution in [2.75, 3.05) is 4.90 Å². The molecule has 2 aliphatic rings. The van der Waals surface area contributed by atoms with Crippen LogP contribution in [0, 0.1) is 0 Å². The van der Waals surface area contributed by atoms with E-state index in [1.165, 1.54) is 5.56 Å². The summed E-state index contributed by atoms with van der Waals surface area (Å²) in [6.07, 6.45) is 12.0. The van der Waals surface area contributed by atoms with Gasteiger partial charge in [-0.15, -0.1) is 0 Å². The highest BCUT2D eigenvalue weighted by Gasteiger charge is 2.32. The number of nitrogens with zero attached hydrogens (tertiary/aromatic N) is 6. The van der Waals surface area contributed by atoms with Gasteiger partial charge in [-0.3, -0.25) is 4.57 Å². The summed E-state index contributed by atoms with van der Waals surface area (Å²) in [6.45, 7) is 6.13. The number of allylic oxidation sites excluding steroid dienone is 2. The molecule has 4 aromatic carbocycles. The summed E-state index contributed by atoms with van der Waals surface area (Å²) >= 11 is 0. The lowest BCUT2D eigenvalue weighted by Gasteiger charge is -2.23. The van der Waals surface area contributed by atoms with Crippen molar-refractivity contribution >= 4 is 46.8 Å². The standard InChI is InChI=1S/C41H30N6O/c1-3-15-34-31(4-2)42-41-46(34)32-22-11-8-18-27(32)28-19-9-12-23-33(28)47(41)40-44-38(26-16-6-5-7-17-26)43-39(45-40)30-21-14-25-36-37(30)29-20-10-13-24-35(29)48-36/h3-9,11-19,21-25H,2,10,20H2,1H3/b15-3-. The fraction of sp³-hybridized carbons (Fsp3) is 0.0732. The number of imidazole rings is 1. The third-order valence-corrected chi connectivity index (χ3v) is 8.99. The topological polar surface area (TPSA) is 72.9 Å². The predicted molar refractivity (Wildman–Crippen MR) is 193 cm³/mol. The van der Waals surface area contributed by atoms with Crippen LogP contribution in [-0.2, 0) is 6.42 Å². The van der Waals surface area contributed by atoms with E-state index in [9.17, 15) is 0 Å². The van der Waals surface area contributed by atoms with Crippen LogP contribution in [0.3, 0.4) is 0 Å². The molecule has 0 atom stereocenters. The highest BCUT2D eigenvalue weighted by Crippen LogP contribution is 2.47. The molecule has 7 nitrogen and oxygen atoms in total. The van der Waals surface area contributed by atoms with E-state index in [2.05, 4.69) is 82.8 Å². The Hall–Kier alpha value is -6.34. The van der Waals surface area contributed by atoms with Crippen LogP contribution in [-0.4, -0.2) is 24.5 Å². The molecule has 4 heterocycles. The number of para-hydroxylation sites is 2. The summed E-state index contributed by atoms with van der Waals surface area (Å²) in [7, 11) is 0. The summed E-state index contributed by atoms with van der Waals surface area (Å²) in [5, 5.41) is 1.04. The third kappa shape index (κ3) is 4.28. The van der Waals surface area contributed by atoms with E-state index in [1.807, 2.05) is 61.5 Å². The van der Waals surface area contributed by atoms with Crippen molar-refractivity contribution in [2.45, 2.75) is 19.8 Å². The Labute approximate surface area is 277 Å². The lowest BCUT2D eigenvalue weighted by atomic mass is 9.97. The average Bonchev–Trinajstić information content (AvgIpc) is 3.67. The second-order valence-corrected chi connectivity index (χ2v) is 11.8. The van der Waals surface area contributed by atoms with Crippen molar-refractivity contribution in [3.05, 3.63) is 139 Å². The second-order valence-electron chi connectivity index (χ2n) is 11.8. The fourth-order valence-electron chi connectivity index (χ4n) is 6.91. The first-order valence-corrected chi connectivity index (χ1v) is 16.1. The van der Waals surface area contributed by atoms with Gasteiger partial charge in [0.25, 0.3) is 0 Å². The van der Waals surface area contributed by atoms with Crippen LogP contribution in [0.2, 0.25) is 0 Å². The Morgan fingerprint density at radius 2 is 1.48 bits per heavy atom. The molecule has 9 rings (SSSR count). The van der Waals surface area contributed by atoms with Gasteiger partial charge >= 0.3 is 0 Å². The van der Waals surface area contributed by atoms with Gasteiger partial charge in [-0.05, 0) is 56.2 Å². The SMILES string of the molecule is C=Cc1nc2n(c1/C=C\C)-c1ccccc1-c1ccccc1N2c1nc(-c2ccccc2)nc(-c2cccc3oc4c(c23)CCC=C4)n1. The average molecular weight is 623 g/mol. The van der Waals surface area contributed by atoms with Crippen LogP contribution in [0.4, 0.5) is 17.6 Å². The van der Waals surface area contributed by atoms with Crippen LogP contribution in [0.25, 0.3) is 68.8 Å². The Kier molecular flexibility index (Phi) is 6.50. The molecule has 0 fully saturated rings. The maximum absolute atomic E-state index is 6.31. The van der Waals surface area contributed by atoms with Crippen LogP contribution >= 0.6 is 0 Å². The second kappa shape index (κ2) is 11.2. The van der Waals surface area contributed by atoms with E-state index in [1.54, 1.807) is 6.08 Å². The molecule has 3 aromatic heterocycles. The zero-order valence-corrected chi connectivity index (χ0v) is 26.3. The van der Waals surface area contributed by atoms with Crippen molar-refractivity contribution < 1.29 is 4.42 Å². The van der Waals surface area contributed by atoms with Gasteiger partial charge < -0.3 is 4.42 Å². The smallest absolute Gasteiger partial charge is 0.241 e. The molecule has 230 valence electrons. The van der Waals surface area contributed by atoms with Crippen molar-refractivity contribution in [1.29, 1.82) is 0 Å². The minimum Gasteiger partial charge on any atom is -0.456 e. The van der Waals surface area contributed by atoms with Crippen LogP contribution < -0.4 is 4.90 Å². The number of aryl methyl sites for hydroxylation is 1. The third-order valence-electron chi connectivity index (χ3n) is 8.99. The first-order valence-electron chi connectivity index (χ1n) is 16.1. The molecule has 1 aliphatic heterocycles. The zero-order valence-electron chi connectivity index (χ0n) is 26.3. The highest BCUT2D eigenvalue weighted by molar-refractivity contribution is 5.98. The Balaban J connectivity index is 1.38. The molecule has 7 aromatic rings. The van der Waals surface area contributed by atoms with Crippen molar-refractivity contribution in [3.63, 3.8) is 0 Å². The molecular formula is C41H30N6O. The van der Waals surface area contributed by atoms with Gasteiger partial charge in [0.1, 0.15) is 11.3 Å². The Morgan fingerprint density at radius 3 is 2.29 bits per heavy atom. The summed E-state index contributed by atoms with van der Waals surface area (Å²) in [6, 6.07) is 32.9. The van der Waals surface area contributed by atoms with E-state index in [0.717, 1.165) is 74.6 Å². The van der Waals surface area contributed by atoms with Crippen LogP contribution in [0.1, 0.15) is 36.1 Å². The van der Waals surface area contributed by atoms with Crippen molar-refractivity contribution in [2.24, 2.45) is 0 Å².